The highest BCUT2D eigenvalue weighted by molar-refractivity contribution is 5.88. The van der Waals surface area contributed by atoms with Crippen LogP contribution in [0.5, 0.6) is 0 Å². The molecule has 2 heterocycles. The highest BCUT2D eigenvalue weighted by Crippen LogP contribution is 2.28. The number of H-pyrrole nitrogens is 1. The number of carbonyl (C=O) groups is 1. The Hall–Kier alpha value is -2.50. The second-order valence-corrected chi connectivity index (χ2v) is 6.60. The molecule has 23 heavy (non-hydrogen) atoms. The van der Waals surface area contributed by atoms with Gasteiger partial charge in [0.25, 0.3) is 0 Å². The molecule has 0 aliphatic carbocycles. The van der Waals surface area contributed by atoms with Crippen molar-refractivity contribution < 1.29 is 13.9 Å². The number of aromatic amines is 1. The van der Waals surface area contributed by atoms with Gasteiger partial charge in [0.1, 0.15) is 5.60 Å². The second kappa shape index (κ2) is 5.61. The Morgan fingerprint density at radius 2 is 2.13 bits per heavy atom. The van der Waals surface area contributed by atoms with Gasteiger partial charge in [0.2, 0.25) is 0 Å². The molecule has 6 nitrogen and oxygen atoms in total. The fourth-order valence-electron chi connectivity index (χ4n) is 2.63. The molecule has 3 rings (SSSR count). The van der Waals surface area contributed by atoms with Gasteiger partial charge in [0.15, 0.2) is 5.58 Å². The van der Waals surface area contributed by atoms with Crippen molar-refractivity contribution in [1.29, 1.82) is 0 Å². The molecule has 1 N–H and O–H groups in total. The normalized spacial score (nSPS) is 15.6. The first-order chi connectivity index (χ1) is 10.8. The number of fused-ring (bicyclic) bond motifs is 1. The van der Waals surface area contributed by atoms with Crippen molar-refractivity contribution in [2.75, 3.05) is 13.1 Å². The lowest BCUT2D eigenvalue weighted by Gasteiger charge is -2.29. The molecule has 1 amide bonds. The zero-order valence-electron chi connectivity index (χ0n) is 13.5. The first-order valence-corrected chi connectivity index (χ1v) is 7.63. The van der Waals surface area contributed by atoms with Crippen LogP contribution in [0.4, 0.5) is 4.79 Å². The molecule has 122 valence electrons. The summed E-state index contributed by atoms with van der Waals surface area (Å²) in [7, 11) is 0. The summed E-state index contributed by atoms with van der Waals surface area (Å²) >= 11 is 0. The van der Waals surface area contributed by atoms with Gasteiger partial charge in [-0.3, -0.25) is 4.98 Å². The summed E-state index contributed by atoms with van der Waals surface area (Å²) in [5, 5.41) is 0. The maximum absolute atomic E-state index is 12.1. The van der Waals surface area contributed by atoms with Crippen LogP contribution in [0.15, 0.2) is 33.5 Å². The third-order valence-electron chi connectivity index (χ3n) is 3.65. The average molecular weight is 316 g/mol. The molecular formula is C17H20N2O4. The van der Waals surface area contributed by atoms with Crippen LogP contribution >= 0.6 is 0 Å². The summed E-state index contributed by atoms with van der Waals surface area (Å²) in [6, 6.07) is 5.61. The standard InChI is InChI=1S/C17H20N2O4/c1-17(2,3)23-16(21)19-9-7-11(8-10-19)12-5-4-6-13-14(12)22-15(20)18-13/h4-7H,8-10H2,1-3H3,(H,18,20). The number of ether oxygens (including phenoxy) is 1. The van der Waals surface area contributed by atoms with E-state index < -0.39 is 11.4 Å². The fourth-order valence-corrected chi connectivity index (χ4v) is 2.63. The minimum Gasteiger partial charge on any atom is -0.444 e. The summed E-state index contributed by atoms with van der Waals surface area (Å²) in [4.78, 5) is 27.8. The molecule has 1 aliphatic heterocycles. The van der Waals surface area contributed by atoms with E-state index in [1.165, 1.54) is 0 Å². The lowest BCUT2D eigenvalue weighted by atomic mass is 9.99. The Morgan fingerprint density at radius 1 is 1.35 bits per heavy atom. The van der Waals surface area contributed by atoms with Crippen molar-refractivity contribution in [3.05, 3.63) is 40.4 Å². The Labute approximate surface area is 133 Å². The van der Waals surface area contributed by atoms with Crippen LogP contribution in [0.2, 0.25) is 0 Å². The number of rotatable bonds is 1. The van der Waals surface area contributed by atoms with Gasteiger partial charge in [-0.05, 0) is 38.8 Å². The van der Waals surface area contributed by atoms with Crippen molar-refractivity contribution in [3.8, 4) is 0 Å². The first-order valence-electron chi connectivity index (χ1n) is 7.63. The molecule has 6 heteroatoms. The molecule has 1 aromatic carbocycles. The van der Waals surface area contributed by atoms with Crippen molar-refractivity contribution in [2.24, 2.45) is 0 Å². The number of amides is 1. The van der Waals surface area contributed by atoms with E-state index in [4.69, 9.17) is 9.15 Å². The minimum absolute atomic E-state index is 0.306. The van der Waals surface area contributed by atoms with E-state index in [-0.39, 0.29) is 6.09 Å². The van der Waals surface area contributed by atoms with Gasteiger partial charge < -0.3 is 14.1 Å². The Balaban J connectivity index is 1.81. The molecule has 0 spiro atoms. The summed E-state index contributed by atoms with van der Waals surface area (Å²) in [5.74, 6) is -0.459. The number of carbonyl (C=O) groups excluding carboxylic acids is 1. The zero-order chi connectivity index (χ0) is 16.6. The SMILES string of the molecule is CC(C)(C)OC(=O)N1CC=C(c2cccc3[nH]c(=O)oc23)CC1. The number of aromatic nitrogens is 1. The van der Waals surface area contributed by atoms with Crippen LogP contribution in [0.1, 0.15) is 32.8 Å². The van der Waals surface area contributed by atoms with Gasteiger partial charge in [-0.15, -0.1) is 0 Å². The molecule has 0 saturated heterocycles. The summed E-state index contributed by atoms with van der Waals surface area (Å²) < 4.78 is 10.6. The number of nitrogens with zero attached hydrogens (tertiary/aromatic N) is 1. The third kappa shape index (κ3) is 3.31. The third-order valence-corrected chi connectivity index (χ3v) is 3.65. The van der Waals surface area contributed by atoms with Gasteiger partial charge in [-0.1, -0.05) is 18.2 Å². The van der Waals surface area contributed by atoms with Gasteiger partial charge >= 0.3 is 11.8 Å². The Morgan fingerprint density at radius 3 is 2.78 bits per heavy atom. The van der Waals surface area contributed by atoms with E-state index in [1.807, 2.05) is 39.0 Å². The van der Waals surface area contributed by atoms with Crippen molar-refractivity contribution in [1.82, 2.24) is 9.88 Å². The smallest absolute Gasteiger partial charge is 0.417 e. The van der Waals surface area contributed by atoms with Gasteiger partial charge in [-0.25, -0.2) is 9.59 Å². The van der Waals surface area contributed by atoms with Crippen LogP contribution < -0.4 is 5.76 Å². The number of hydrogen-bond donors (Lipinski definition) is 1. The predicted molar refractivity (Wildman–Crippen MR) is 87.2 cm³/mol. The van der Waals surface area contributed by atoms with Crippen LogP contribution in [0, 0.1) is 0 Å². The topological polar surface area (TPSA) is 75.5 Å². The fraction of sp³-hybridized carbons (Fsp3) is 0.412. The van der Waals surface area contributed by atoms with E-state index in [9.17, 15) is 9.59 Å². The molecule has 0 bridgehead atoms. The predicted octanol–water partition coefficient (Wildman–Crippen LogP) is 3.15. The van der Waals surface area contributed by atoms with Gasteiger partial charge in [-0.2, -0.15) is 0 Å². The zero-order valence-corrected chi connectivity index (χ0v) is 13.5. The van der Waals surface area contributed by atoms with Crippen molar-refractivity contribution >= 4 is 22.8 Å². The quantitative estimate of drug-likeness (QED) is 0.877. The number of hydrogen-bond acceptors (Lipinski definition) is 4. The molecule has 0 unspecified atom stereocenters. The lowest BCUT2D eigenvalue weighted by molar-refractivity contribution is 0.0270. The molecule has 0 radical (unpaired) electrons. The molecule has 0 fully saturated rings. The second-order valence-electron chi connectivity index (χ2n) is 6.60. The molecule has 1 aliphatic rings. The maximum Gasteiger partial charge on any atom is 0.417 e. The molecule has 0 atom stereocenters. The average Bonchev–Trinajstić information content (AvgIpc) is 2.85. The van der Waals surface area contributed by atoms with Crippen molar-refractivity contribution in [2.45, 2.75) is 32.8 Å². The highest BCUT2D eigenvalue weighted by atomic mass is 16.6. The van der Waals surface area contributed by atoms with E-state index >= 15 is 0 Å². The lowest BCUT2D eigenvalue weighted by Crippen LogP contribution is -2.39. The van der Waals surface area contributed by atoms with Crippen LogP contribution in [0.3, 0.4) is 0 Å². The van der Waals surface area contributed by atoms with E-state index in [2.05, 4.69) is 4.98 Å². The number of para-hydroxylation sites is 1. The van der Waals surface area contributed by atoms with Crippen molar-refractivity contribution in [3.63, 3.8) is 0 Å². The van der Waals surface area contributed by atoms with E-state index in [0.29, 0.717) is 30.6 Å². The van der Waals surface area contributed by atoms with Crippen LogP contribution in [0.25, 0.3) is 16.7 Å². The maximum atomic E-state index is 12.1. The van der Waals surface area contributed by atoms with E-state index in [0.717, 1.165) is 11.1 Å². The Kier molecular flexibility index (Phi) is 3.75. The minimum atomic E-state index is -0.499. The first kappa shape index (κ1) is 15.4. The number of oxazole rings is 1. The van der Waals surface area contributed by atoms with E-state index in [1.54, 1.807) is 11.0 Å². The Bertz CT molecular complexity index is 823. The summed E-state index contributed by atoms with van der Waals surface area (Å²) in [5.41, 5.74) is 2.71. The summed E-state index contributed by atoms with van der Waals surface area (Å²) in [6.45, 7) is 6.61. The summed E-state index contributed by atoms with van der Waals surface area (Å²) in [6.07, 6.45) is 2.36. The van der Waals surface area contributed by atoms with Gasteiger partial charge in [0.05, 0.1) is 5.52 Å². The largest absolute Gasteiger partial charge is 0.444 e. The molecule has 0 saturated carbocycles. The highest BCUT2D eigenvalue weighted by Gasteiger charge is 2.24. The van der Waals surface area contributed by atoms with Crippen LogP contribution in [-0.2, 0) is 4.74 Å². The van der Waals surface area contributed by atoms with Gasteiger partial charge in [0, 0.05) is 18.7 Å². The van der Waals surface area contributed by atoms with Crippen LogP contribution in [-0.4, -0.2) is 34.7 Å². The number of benzene rings is 1. The molecule has 2 aromatic rings. The molecule has 1 aromatic heterocycles. The monoisotopic (exact) mass is 316 g/mol. The number of nitrogens with one attached hydrogen (secondary N) is 1. The molecular weight excluding hydrogens is 296 g/mol.